The van der Waals surface area contributed by atoms with Crippen molar-refractivity contribution in [2.75, 3.05) is 13.6 Å². The standard InChI is InChI=1S/C17H21N3O4/c1-11-14(10-23-17(22)20(2)9-12-4-3-5-12)16(24-19-11)15-7-6-13(21)8-18-15/h6-8,12,21H,3-5,9-10H2,1-2H3. The highest BCUT2D eigenvalue weighted by atomic mass is 16.6. The molecule has 0 bridgehead atoms. The van der Waals surface area contributed by atoms with Crippen molar-refractivity contribution in [3.63, 3.8) is 0 Å². The van der Waals surface area contributed by atoms with E-state index in [4.69, 9.17) is 9.26 Å². The molecule has 7 nitrogen and oxygen atoms in total. The van der Waals surface area contributed by atoms with Crippen molar-refractivity contribution in [1.29, 1.82) is 0 Å². The molecule has 1 N–H and O–H groups in total. The Bertz CT molecular complexity index is 707. The van der Waals surface area contributed by atoms with Gasteiger partial charge >= 0.3 is 6.09 Å². The second-order valence-electron chi connectivity index (χ2n) is 6.21. The highest BCUT2D eigenvalue weighted by Crippen LogP contribution is 2.28. The number of ether oxygens (including phenoxy) is 1. The van der Waals surface area contributed by atoms with E-state index in [2.05, 4.69) is 10.1 Å². The minimum absolute atomic E-state index is 0.0700. The molecule has 2 aromatic rings. The van der Waals surface area contributed by atoms with Crippen molar-refractivity contribution >= 4 is 6.09 Å². The number of rotatable bonds is 5. The molecule has 3 rings (SSSR count). The monoisotopic (exact) mass is 331 g/mol. The second-order valence-corrected chi connectivity index (χ2v) is 6.21. The summed E-state index contributed by atoms with van der Waals surface area (Å²) in [7, 11) is 1.75. The third-order valence-corrected chi connectivity index (χ3v) is 4.37. The first-order chi connectivity index (χ1) is 11.5. The van der Waals surface area contributed by atoms with Gasteiger partial charge in [0.05, 0.1) is 17.5 Å². The average Bonchev–Trinajstić information content (AvgIpc) is 2.90. The largest absolute Gasteiger partial charge is 0.506 e. The van der Waals surface area contributed by atoms with Crippen LogP contribution in [0, 0.1) is 12.8 Å². The van der Waals surface area contributed by atoms with Crippen molar-refractivity contribution < 1.29 is 19.2 Å². The van der Waals surface area contributed by atoms with Gasteiger partial charge < -0.3 is 19.3 Å². The zero-order valence-corrected chi connectivity index (χ0v) is 13.9. The SMILES string of the molecule is Cc1noc(-c2ccc(O)cn2)c1COC(=O)N(C)CC1CCC1. The van der Waals surface area contributed by atoms with E-state index in [0.29, 0.717) is 28.6 Å². The van der Waals surface area contributed by atoms with Gasteiger partial charge in [0.25, 0.3) is 0 Å². The molecule has 2 aromatic heterocycles. The van der Waals surface area contributed by atoms with Crippen molar-refractivity contribution in [3.05, 3.63) is 29.6 Å². The quantitative estimate of drug-likeness (QED) is 0.905. The van der Waals surface area contributed by atoms with E-state index in [1.54, 1.807) is 24.9 Å². The van der Waals surface area contributed by atoms with E-state index in [1.807, 2.05) is 0 Å². The molecule has 0 aromatic carbocycles. The lowest BCUT2D eigenvalue weighted by Gasteiger charge is -2.29. The fourth-order valence-electron chi connectivity index (χ4n) is 2.66. The van der Waals surface area contributed by atoms with E-state index in [0.717, 1.165) is 6.54 Å². The van der Waals surface area contributed by atoms with Crippen LogP contribution < -0.4 is 0 Å². The number of nitrogens with zero attached hydrogens (tertiary/aromatic N) is 3. The Hall–Kier alpha value is -2.57. The Balaban J connectivity index is 1.65. The van der Waals surface area contributed by atoms with E-state index in [1.165, 1.54) is 31.5 Å². The summed E-state index contributed by atoms with van der Waals surface area (Å²) in [6, 6.07) is 3.14. The number of aryl methyl sites for hydroxylation is 1. The van der Waals surface area contributed by atoms with E-state index in [-0.39, 0.29) is 18.4 Å². The first-order valence-corrected chi connectivity index (χ1v) is 8.03. The lowest BCUT2D eigenvalue weighted by atomic mass is 9.85. The van der Waals surface area contributed by atoms with E-state index in [9.17, 15) is 9.90 Å². The molecule has 128 valence electrons. The van der Waals surface area contributed by atoms with Crippen LogP contribution >= 0.6 is 0 Å². The smallest absolute Gasteiger partial charge is 0.409 e. The number of amides is 1. The number of carbonyl (C=O) groups is 1. The molecule has 0 aliphatic heterocycles. The summed E-state index contributed by atoms with van der Waals surface area (Å²) in [6.45, 7) is 2.59. The average molecular weight is 331 g/mol. The maximum atomic E-state index is 12.1. The number of aromatic nitrogens is 2. The molecule has 1 aliphatic rings. The van der Waals surface area contributed by atoms with Gasteiger partial charge in [-0.1, -0.05) is 11.6 Å². The zero-order valence-electron chi connectivity index (χ0n) is 13.9. The number of carbonyl (C=O) groups excluding carboxylic acids is 1. The summed E-state index contributed by atoms with van der Waals surface area (Å²) in [4.78, 5) is 17.8. The summed E-state index contributed by atoms with van der Waals surface area (Å²) in [5.41, 5.74) is 1.86. The molecule has 0 saturated heterocycles. The Morgan fingerprint density at radius 2 is 2.25 bits per heavy atom. The van der Waals surface area contributed by atoms with E-state index >= 15 is 0 Å². The van der Waals surface area contributed by atoms with Gasteiger partial charge in [-0.25, -0.2) is 9.78 Å². The zero-order chi connectivity index (χ0) is 17.1. The molecular weight excluding hydrogens is 310 g/mol. The molecule has 0 radical (unpaired) electrons. The Labute approximate surface area is 140 Å². The predicted octanol–water partition coefficient (Wildman–Crippen LogP) is 3.12. The molecular formula is C17H21N3O4. The fraction of sp³-hybridized carbons (Fsp3) is 0.471. The minimum Gasteiger partial charge on any atom is -0.506 e. The molecule has 7 heteroatoms. The Kier molecular flexibility index (Phi) is 4.69. The van der Waals surface area contributed by atoms with Gasteiger partial charge in [0, 0.05) is 13.6 Å². The van der Waals surface area contributed by atoms with Crippen LogP contribution in [-0.4, -0.2) is 39.8 Å². The number of aromatic hydroxyl groups is 1. The van der Waals surface area contributed by atoms with E-state index < -0.39 is 0 Å². The van der Waals surface area contributed by atoms with Crippen LogP contribution in [0.4, 0.5) is 4.79 Å². The number of hydrogen-bond donors (Lipinski definition) is 1. The first-order valence-electron chi connectivity index (χ1n) is 8.03. The predicted molar refractivity (Wildman–Crippen MR) is 86.3 cm³/mol. The highest BCUT2D eigenvalue weighted by Gasteiger charge is 2.23. The summed E-state index contributed by atoms with van der Waals surface area (Å²) in [6.07, 6.45) is 4.58. The van der Waals surface area contributed by atoms with Crippen LogP contribution in [0.1, 0.15) is 30.5 Å². The third kappa shape index (κ3) is 3.50. The highest BCUT2D eigenvalue weighted by molar-refractivity contribution is 5.67. The molecule has 0 unspecified atom stereocenters. The van der Waals surface area contributed by atoms with Crippen molar-refractivity contribution in [2.24, 2.45) is 5.92 Å². The molecule has 24 heavy (non-hydrogen) atoms. The first kappa shape index (κ1) is 16.3. The van der Waals surface area contributed by atoms with Crippen LogP contribution in [0.5, 0.6) is 5.75 Å². The number of pyridine rings is 1. The van der Waals surface area contributed by atoms with Gasteiger partial charge in [-0.15, -0.1) is 0 Å². The topological polar surface area (TPSA) is 88.7 Å². The van der Waals surface area contributed by atoms with Crippen LogP contribution in [0.2, 0.25) is 0 Å². The summed E-state index contributed by atoms with van der Waals surface area (Å²) in [5, 5.41) is 13.3. The van der Waals surface area contributed by atoms with Gasteiger partial charge in [0.15, 0.2) is 5.76 Å². The normalized spacial score (nSPS) is 14.2. The molecule has 1 aliphatic carbocycles. The van der Waals surface area contributed by atoms with Crippen molar-refractivity contribution in [1.82, 2.24) is 15.0 Å². The molecule has 1 amide bonds. The summed E-state index contributed by atoms with van der Waals surface area (Å²) >= 11 is 0. The lowest BCUT2D eigenvalue weighted by Crippen LogP contribution is -2.34. The molecule has 1 fully saturated rings. The van der Waals surface area contributed by atoms with Crippen LogP contribution in [0.3, 0.4) is 0 Å². The van der Waals surface area contributed by atoms with Gasteiger partial charge in [0.2, 0.25) is 0 Å². The minimum atomic E-state index is -0.355. The molecule has 0 spiro atoms. The third-order valence-electron chi connectivity index (χ3n) is 4.37. The lowest BCUT2D eigenvalue weighted by molar-refractivity contribution is 0.0930. The maximum absolute atomic E-state index is 12.1. The molecule has 2 heterocycles. The van der Waals surface area contributed by atoms with Crippen molar-refractivity contribution in [3.8, 4) is 17.2 Å². The maximum Gasteiger partial charge on any atom is 0.409 e. The summed E-state index contributed by atoms with van der Waals surface area (Å²) < 4.78 is 10.7. The van der Waals surface area contributed by atoms with Gasteiger partial charge in [0.1, 0.15) is 18.1 Å². The van der Waals surface area contributed by atoms with Crippen molar-refractivity contribution in [2.45, 2.75) is 32.8 Å². The van der Waals surface area contributed by atoms with Gasteiger partial charge in [-0.05, 0) is 37.8 Å². The van der Waals surface area contributed by atoms with Gasteiger partial charge in [-0.3, -0.25) is 0 Å². The van der Waals surface area contributed by atoms with Crippen LogP contribution in [0.25, 0.3) is 11.5 Å². The van der Waals surface area contributed by atoms with Gasteiger partial charge in [-0.2, -0.15) is 0 Å². The van der Waals surface area contributed by atoms with Crippen LogP contribution in [-0.2, 0) is 11.3 Å². The second kappa shape index (κ2) is 6.90. The fourth-order valence-corrected chi connectivity index (χ4v) is 2.66. The van der Waals surface area contributed by atoms with Crippen LogP contribution in [0.15, 0.2) is 22.9 Å². The molecule has 0 atom stereocenters. The Morgan fingerprint density at radius 1 is 1.46 bits per heavy atom. The molecule has 1 saturated carbocycles. The number of hydrogen-bond acceptors (Lipinski definition) is 6. The summed E-state index contributed by atoms with van der Waals surface area (Å²) in [5.74, 6) is 1.11. The Morgan fingerprint density at radius 3 is 2.88 bits per heavy atom.